The highest BCUT2D eigenvalue weighted by atomic mass is 16.5. The molecule has 0 bridgehead atoms. The van der Waals surface area contributed by atoms with Crippen molar-refractivity contribution in [1.29, 1.82) is 0 Å². The summed E-state index contributed by atoms with van der Waals surface area (Å²) in [6.07, 6.45) is 0.817. The molecule has 27 heavy (non-hydrogen) atoms. The second-order valence-electron chi connectivity index (χ2n) is 7.11. The van der Waals surface area contributed by atoms with Gasteiger partial charge in [-0.1, -0.05) is 29.8 Å². The molecule has 142 valence electrons. The fourth-order valence-corrected chi connectivity index (χ4v) is 3.53. The lowest BCUT2D eigenvalue weighted by molar-refractivity contribution is 0.0298. The lowest BCUT2D eigenvalue weighted by atomic mass is 10.1. The Morgan fingerprint density at radius 2 is 1.85 bits per heavy atom. The normalized spacial score (nSPS) is 17.6. The van der Waals surface area contributed by atoms with E-state index in [0.29, 0.717) is 57.3 Å². The number of fused-ring (bicyclic) bond motifs is 1. The number of aromatic nitrogens is 2. The molecule has 7 heteroatoms. The van der Waals surface area contributed by atoms with Crippen molar-refractivity contribution < 1.29 is 14.3 Å². The summed E-state index contributed by atoms with van der Waals surface area (Å²) in [5.74, 6) is -0.196. The van der Waals surface area contributed by atoms with Gasteiger partial charge in [-0.2, -0.15) is 5.10 Å². The van der Waals surface area contributed by atoms with E-state index in [1.807, 2.05) is 11.8 Å². The fourth-order valence-electron chi connectivity index (χ4n) is 3.53. The van der Waals surface area contributed by atoms with Crippen molar-refractivity contribution in [2.45, 2.75) is 26.4 Å². The molecule has 3 heterocycles. The molecule has 1 aromatic heterocycles. The number of hydrogen-bond acceptors (Lipinski definition) is 4. The first-order valence-corrected chi connectivity index (χ1v) is 9.41. The molecule has 1 aromatic carbocycles. The zero-order valence-electron chi connectivity index (χ0n) is 15.6. The van der Waals surface area contributed by atoms with Crippen LogP contribution in [-0.2, 0) is 17.8 Å². The SMILES string of the molecule is Cc1ccc(CN2CCCn3nc(C(=O)N4CCOCC4)cc3C2=O)cc1. The van der Waals surface area contributed by atoms with Crippen molar-refractivity contribution in [3.05, 3.63) is 52.8 Å². The van der Waals surface area contributed by atoms with Gasteiger partial charge >= 0.3 is 0 Å². The van der Waals surface area contributed by atoms with Crippen molar-refractivity contribution >= 4 is 11.8 Å². The number of carbonyl (C=O) groups excluding carboxylic acids is 2. The molecule has 1 fully saturated rings. The molecule has 7 nitrogen and oxygen atoms in total. The van der Waals surface area contributed by atoms with E-state index in [9.17, 15) is 9.59 Å². The van der Waals surface area contributed by atoms with E-state index in [1.54, 1.807) is 15.6 Å². The molecule has 0 unspecified atom stereocenters. The molecule has 2 amide bonds. The molecule has 0 atom stereocenters. The third-order valence-electron chi connectivity index (χ3n) is 5.10. The van der Waals surface area contributed by atoms with Crippen molar-refractivity contribution in [2.75, 3.05) is 32.8 Å². The standard InChI is InChI=1S/C20H24N4O3/c1-15-3-5-16(6-4-15)14-23-7-2-8-24-18(20(23)26)13-17(21-24)19(25)22-9-11-27-12-10-22/h3-6,13H,2,7-12,14H2,1H3. The molecular weight excluding hydrogens is 344 g/mol. The number of rotatable bonds is 3. The predicted molar refractivity (Wildman–Crippen MR) is 99.5 cm³/mol. The van der Waals surface area contributed by atoms with E-state index in [2.05, 4.69) is 29.4 Å². The van der Waals surface area contributed by atoms with E-state index < -0.39 is 0 Å². The third-order valence-corrected chi connectivity index (χ3v) is 5.10. The van der Waals surface area contributed by atoms with Gasteiger partial charge < -0.3 is 14.5 Å². The van der Waals surface area contributed by atoms with Crippen LogP contribution in [0.4, 0.5) is 0 Å². The fraction of sp³-hybridized carbons (Fsp3) is 0.450. The zero-order valence-corrected chi connectivity index (χ0v) is 15.6. The van der Waals surface area contributed by atoms with Crippen molar-refractivity contribution in [1.82, 2.24) is 19.6 Å². The van der Waals surface area contributed by atoms with Gasteiger partial charge in [-0.3, -0.25) is 14.3 Å². The molecule has 0 N–H and O–H groups in total. The van der Waals surface area contributed by atoms with Crippen LogP contribution in [0.25, 0.3) is 0 Å². The first-order chi connectivity index (χ1) is 13.1. The molecule has 0 aliphatic carbocycles. The predicted octanol–water partition coefficient (Wildman–Crippen LogP) is 1.71. The quantitative estimate of drug-likeness (QED) is 0.827. The minimum Gasteiger partial charge on any atom is -0.378 e. The van der Waals surface area contributed by atoms with Crippen molar-refractivity contribution in [2.24, 2.45) is 0 Å². The Kier molecular flexibility index (Phi) is 4.94. The first-order valence-electron chi connectivity index (χ1n) is 9.41. The van der Waals surface area contributed by atoms with Crippen LogP contribution < -0.4 is 0 Å². The first kappa shape index (κ1) is 17.7. The summed E-state index contributed by atoms with van der Waals surface area (Å²) in [6.45, 7) is 6.16. The highest BCUT2D eigenvalue weighted by molar-refractivity contribution is 5.98. The summed E-state index contributed by atoms with van der Waals surface area (Å²) in [4.78, 5) is 29.3. The number of benzene rings is 1. The summed E-state index contributed by atoms with van der Waals surface area (Å²) < 4.78 is 6.98. The molecule has 0 spiro atoms. The Balaban J connectivity index is 1.53. The third kappa shape index (κ3) is 3.73. The topological polar surface area (TPSA) is 67.7 Å². The number of aryl methyl sites for hydroxylation is 2. The van der Waals surface area contributed by atoms with Crippen LogP contribution in [0, 0.1) is 6.92 Å². The van der Waals surface area contributed by atoms with Crippen LogP contribution in [0.1, 0.15) is 38.5 Å². The lowest BCUT2D eigenvalue weighted by Gasteiger charge is -2.26. The van der Waals surface area contributed by atoms with Crippen molar-refractivity contribution in [3.8, 4) is 0 Å². The van der Waals surface area contributed by atoms with Gasteiger partial charge in [-0.15, -0.1) is 0 Å². The van der Waals surface area contributed by atoms with Gasteiger partial charge in [-0.25, -0.2) is 0 Å². The molecule has 1 saturated heterocycles. The van der Waals surface area contributed by atoms with E-state index in [4.69, 9.17) is 4.74 Å². The summed E-state index contributed by atoms with van der Waals surface area (Å²) in [6, 6.07) is 9.87. The van der Waals surface area contributed by atoms with E-state index >= 15 is 0 Å². The van der Waals surface area contributed by atoms with Crippen LogP contribution in [0.15, 0.2) is 30.3 Å². The Labute approximate surface area is 158 Å². The molecule has 0 saturated carbocycles. The van der Waals surface area contributed by atoms with Crippen LogP contribution >= 0.6 is 0 Å². The average molecular weight is 368 g/mol. The number of nitrogens with zero attached hydrogens (tertiary/aromatic N) is 4. The Morgan fingerprint density at radius 1 is 1.11 bits per heavy atom. The van der Waals surface area contributed by atoms with E-state index in [0.717, 1.165) is 12.0 Å². The van der Waals surface area contributed by atoms with Gasteiger partial charge in [-0.05, 0) is 18.9 Å². The highest BCUT2D eigenvalue weighted by Crippen LogP contribution is 2.18. The maximum atomic E-state index is 13.0. The number of hydrogen-bond donors (Lipinski definition) is 0. The van der Waals surface area contributed by atoms with Crippen LogP contribution in [-0.4, -0.2) is 64.2 Å². The molecule has 2 aliphatic heterocycles. The minimum atomic E-state index is -0.128. The van der Waals surface area contributed by atoms with E-state index in [-0.39, 0.29) is 11.8 Å². The van der Waals surface area contributed by atoms with Gasteiger partial charge in [0, 0.05) is 38.8 Å². The number of carbonyl (C=O) groups is 2. The zero-order chi connectivity index (χ0) is 18.8. The summed E-state index contributed by atoms with van der Waals surface area (Å²) in [5, 5.41) is 4.43. The molecule has 4 rings (SSSR count). The highest BCUT2D eigenvalue weighted by Gasteiger charge is 2.28. The minimum absolute atomic E-state index is 0.0680. The number of amides is 2. The molecule has 2 aromatic rings. The van der Waals surface area contributed by atoms with Crippen LogP contribution in [0.2, 0.25) is 0 Å². The van der Waals surface area contributed by atoms with Crippen LogP contribution in [0.3, 0.4) is 0 Å². The van der Waals surface area contributed by atoms with Gasteiger partial charge in [0.05, 0.1) is 13.2 Å². The van der Waals surface area contributed by atoms with E-state index in [1.165, 1.54) is 5.56 Å². The van der Waals surface area contributed by atoms with Gasteiger partial charge in [0.2, 0.25) is 0 Å². The molecule has 2 aliphatic rings. The van der Waals surface area contributed by atoms with Gasteiger partial charge in [0.25, 0.3) is 11.8 Å². The van der Waals surface area contributed by atoms with Crippen LogP contribution in [0.5, 0.6) is 0 Å². The summed E-state index contributed by atoms with van der Waals surface area (Å²) >= 11 is 0. The maximum Gasteiger partial charge on any atom is 0.274 e. The average Bonchev–Trinajstić information content (AvgIpc) is 3.06. The Morgan fingerprint density at radius 3 is 2.59 bits per heavy atom. The maximum absolute atomic E-state index is 13.0. The van der Waals surface area contributed by atoms with Gasteiger partial charge in [0.15, 0.2) is 5.69 Å². The second-order valence-corrected chi connectivity index (χ2v) is 7.11. The number of morpholine rings is 1. The largest absolute Gasteiger partial charge is 0.378 e. The molecule has 0 radical (unpaired) electrons. The van der Waals surface area contributed by atoms with Crippen molar-refractivity contribution in [3.63, 3.8) is 0 Å². The monoisotopic (exact) mass is 368 g/mol. The smallest absolute Gasteiger partial charge is 0.274 e. The Bertz CT molecular complexity index is 837. The Hall–Kier alpha value is -2.67. The van der Waals surface area contributed by atoms with Gasteiger partial charge in [0.1, 0.15) is 5.69 Å². The molecular formula is C20H24N4O3. The lowest BCUT2D eigenvalue weighted by Crippen LogP contribution is -2.40. The second kappa shape index (κ2) is 7.52. The number of ether oxygens (including phenoxy) is 1. The summed E-state index contributed by atoms with van der Waals surface area (Å²) in [5.41, 5.74) is 3.14. The summed E-state index contributed by atoms with van der Waals surface area (Å²) in [7, 11) is 0.